The summed E-state index contributed by atoms with van der Waals surface area (Å²) >= 11 is 5.63. The SMILES string of the molecule is O=[N+]([O-])c1ccccc1C(=S)N(c1ccccc1)c1ccccc1. The standard InChI is InChI=1S/C19H14N2O2S/c22-21(23)18-14-8-7-13-17(18)19(24)20(15-9-3-1-4-10-15)16-11-5-2-6-12-16/h1-14H. The Morgan fingerprint density at radius 2 is 1.25 bits per heavy atom. The van der Waals surface area contributed by atoms with Gasteiger partial charge >= 0.3 is 0 Å². The van der Waals surface area contributed by atoms with Crippen molar-refractivity contribution in [3.63, 3.8) is 0 Å². The molecule has 0 heterocycles. The number of thiocarbonyl (C=S) groups is 1. The summed E-state index contributed by atoms with van der Waals surface area (Å²) in [4.78, 5) is 13.2. The summed E-state index contributed by atoms with van der Waals surface area (Å²) in [6.07, 6.45) is 0. The smallest absolute Gasteiger partial charge is 0.279 e. The first-order valence-electron chi connectivity index (χ1n) is 7.36. The van der Waals surface area contributed by atoms with E-state index >= 15 is 0 Å². The zero-order valence-corrected chi connectivity index (χ0v) is 13.5. The minimum atomic E-state index is -0.407. The summed E-state index contributed by atoms with van der Waals surface area (Å²) in [5.74, 6) is 0. The van der Waals surface area contributed by atoms with Gasteiger partial charge in [-0.1, -0.05) is 60.7 Å². The second-order valence-electron chi connectivity index (χ2n) is 5.09. The van der Waals surface area contributed by atoms with Crippen LogP contribution in [-0.2, 0) is 0 Å². The van der Waals surface area contributed by atoms with Gasteiger partial charge in [0.2, 0.25) is 0 Å². The molecular weight excluding hydrogens is 320 g/mol. The average molecular weight is 334 g/mol. The highest BCUT2D eigenvalue weighted by Crippen LogP contribution is 2.30. The minimum Gasteiger partial charge on any atom is -0.301 e. The molecule has 0 aliphatic rings. The molecule has 0 spiro atoms. The van der Waals surface area contributed by atoms with E-state index in [0.29, 0.717) is 10.6 Å². The number of benzene rings is 3. The van der Waals surface area contributed by atoms with Crippen LogP contribution in [0.15, 0.2) is 84.9 Å². The molecule has 0 amide bonds. The Morgan fingerprint density at radius 3 is 1.75 bits per heavy atom. The van der Waals surface area contributed by atoms with Crippen LogP contribution < -0.4 is 4.90 Å². The first kappa shape index (κ1) is 15.8. The molecule has 0 aliphatic heterocycles. The van der Waals surface area contributed by atoms with E-state index in [9.17, 15) is 10.1 Å². The zero-order chi connectivity index (χ0) is 16.9. The molecule has 0 aromatic heterocycles. The van der Waals surface area contributed by atoms with E-state index in [1.165, 1.54) is 6.07 Å². The van der Waals surface area contributed by atoms with Gasteiger partial charge in [0.15, 0.2) is 0 Å². The Hall–Kier alpha value is -3.05. The summed E-state index contributed by atoms with van der Waals surface area (Å²) in [5.41, 5.74) is 2.13. The van der Waals surface area contributed by atoms with Gasteiger partial charge in [-0.2, -0.15) is 0 Å². The molecule has 0 saturated heterocycles. The molecule has 3 aromatic rings. The molecule has 3 aromatic carbocycles. The molecule has 0 aliphatic carbocycles. The predicted octanol–water partition coefficient (Wildman–Crippen LogP) is 5.11. The Bertz CT molecular complexity index is 827. The Labute approximate surface area is 145 Å². The highest BCUT2D eigenvalue weighted by Gasteiger charge is 2.23. The molecule has 0 unspecified atom stereocenters. The molecule has 3 rings (SSSR count). The van der Waals surface area contributed by atoms with Gasteiger partial charge in [-0.25, -0.2) is 0 Å². The van der Waals surface area contributed by atoms with Crippen molar-refractivity contribution in [1.82, 2.24) is 0 Å². The maximum atomic E-state index is 11.3. The van der Waals surface area contributed by atoms with Gasteiger partial charge in [0.25, 0.3) is 5.69 Å². The quantitative estimate of drug-likeness (QED) is 0.378. The third-order valence-electron chi connectivity index (χ3n) is 3.56. The van der Waals surface area contributed by atoms with Crippen LogP contribution in [-0.4, -0.2) is 9.91 Å². The van der Waals surface area contributed by atoms with Gasteiger partial charge in [-0.3, -0.25) is 10.1 Å². The molecule has 4 nitrogen and oxygen atoms in total. The van der Waals surface area contributed by atoms with E-state index in [-0.39, 0.29) is 5.69 Å². The van der Waals surface area contributed by atoms with Gasteiger partial charge in [-0.15, -0.1) is 0 Å². The number of anilines is 2. The van der Waals surface area contributed by atoms with Crippen LogP contribution in [0.4, 0.5) is 17.1 Å². The molecule has 0 atom stereocenters. The molecule has 118 valence electrons. The average Bonchev–Trinajstić information content (AvgIpc) is 2.63. The van der Waals surface area contributed by atoms with E-state index < -0.39 is 4.92 Å². The normalized spacial score (nSPS) is 10.2. The van der Waals surface area contributed by atoms with E-state index in [0.717, 1.165) is 11.4 Å². The van der Waals surface area contributed by atoms with Crippen molar-refractivity contribution in [3.05, 3.63) is 101 Å². The van der Waals surface area contributed by atoms with E-state index in [4.69, 9.17) is 12.2 Å². The minimum absolute atomic E-state index is 0.000591. The maximum Gasteiger partial charge on any atom is 0.279 e. The van der Waals surface area contributed by atoms with Crippen LogP contribution in [0.3, 0.4) is 0 Å². The zero-order valence-electron chi connectivity index (χ0n) is 12.7. The topological polar surface area (TPSA) is 46.4 Å². The fraction of sp³-hybridized carbons (Fsp3) is 0. The van der Waals surface area contributed by atoms with Crippen molar-refractivity contribution in [2.75, 3.05) is 4.90 Å². The fourth-order valence-corrected chi connectivity index (χ4v) is 2.86. The Morgan fingerprint density at radius 1 is 0.792 bits per heavy atom. The third kappa shape index (κ3) is 3.16. The van der Waals surface area contributed by atoms with Crippen LogP contribution in [0, 0.1) is 10.1 Å². The van der Waals surface area contributed by atoms with Crippen LogP contribution in [0.2, 0.25) is 0 Å². The lowest BCUT2D eigenvalue weighted by molar-refractivity contribution is -0.385. The van der Waals surface area contributed by atoms with E-state index in [1.807, 2.05) is 65.6 Å². The number of nitro benzene ring substituents is 1. The molecule has 0 fully saturated rings. The maximum absolute atomic E-state index is 11.3. The number of para-hydroxylation sites is 3. The summed E-state index contributed by atoms with van der Waals surface area (Å²) in [6.45, 7) is 0. The molecule has 0 radical (unpaired) electrons. The molecule has 5 heteroatoms. The Kier molecular flexibility index (Phi) is 4.63. The van der Waals surface area contributed by atoms with Crippen LogP contribution >= 0.6 is 12.2 Å². The number of rotatable bonds is 4. The van der Waals surface area contributed by atoms with Gasteiger partial charge in [-0.05, 0) is 30.3 Å². The third-order valence-corrected chi connectivity index (χ3v) is 3.97. The number of nitrogens with zero attached hydrogens (tertiary/aromatic N) is 2. The van der Waals surface area contributed by atoms with Crippen molar-refractivity contribution in [2.24, 2.45) is 0 Å². The molecule has 24 heavy (non-hydrogen) atoms. The lowest BCUT2D eigenvalue weighted by Crippen LogP contribution is -2.25. The first-order valence-corrected chi connectivity index (χ1v) is 7.77. The van der Waals surface area contributed by atoms with Crippen molar-refractivity contribution in [2.45, 2.75) is 0 Å². The molecule has 0 saturated carbocycles. The highest BCUT2D eigenvalue weighted by molar-refractivity contribution is 7.81. The first-order chi connectivity index (χ1) is 11.7. The largest absolute Gasteiger partial charge is 0.301 e. The van der Waals surface area contributed by atoms with Crippen molar-refractivity contribution in [1.29, 1.82) is 0 Å². The Balaban J connectivity index is 2.14. The summed E-state index contributed by atoms with van der Waals surface area (Å²) in [5, 5.41) is 11.3. The van der Waals surface area contributed by atoms with Gasteiger partial charge in [0.05, 0.1) is 10.5 Å². The van der Waals surface area contributed by atoms with Crippen molar-refractivity contribution < 1.29 is 4.92 Å². The van der Waals surface area contributed by atoms with Gasteiger partial charge < -0.3 is 4.90 Å². The highest BCUT2D eigenvalue weighted by atomic mass is 32.1. The van der Waals surface area contributed by atoms with Gasteiger partial charge in [0, 0.05) is 17.4 Å². The second-order valence-corrected chi connectivity index (χ2v) is 5.47. The second kappa shape index (κ2) is 7.02. The lowest BCUT2D eigenvalue weighted by atomic mass is 10.1. The van der Waals surface area contributed by atoms with Crippen molar-refractivity contribution >= 4 is 34.3 Å². The molecular formula is C19H14N2O2S. The number of nitro groups is 1. The molecule has 0 N–H and O–H groups in total. The van der Waals surface area contributed by atoms with Gasteiger partial charge in [0.1, 0.15) is 4.99 Å². The number of hydrogen-bond acceptors (Lipinski definition) is 3. The molecule has 0 bridgehead atoms. The predicted molar refractivity (Wildman–Crippen MR) is 99.8 cm³/mol. The number of hydrogen-bond donors (Lipinski definition) is 0. The van der Waals surface area contributed by atoms with Crippen molar-refractivity contribution in [3.8, 4) is 0 Å². The summed E-state index contributed by atoms with van der Waals surface area (Å²) in [7, 11) is 0. The monoisotopic (exact) mass is 334 g/mol. The van der Waals surface area contributed by atoms with E-state index in [1.54, 1.807) is 18.2 Å². The van der Waals surface area contributed by atoms with E-state index in [2.05, 4.69) is 0 Å². The summed E-state index contributed by atoms with van der Waals surface area (Å²) in [6, 6.07) is 25.7. The van der Waals surface area contributed by atoms with Crippen LogP contribution in [0.25, 0.3) is 0 Å². The van der Waals surface area contributed by atoms with Crippen LogP contribution in [0.1, 0.15) is 5.56 Å². The summed E-state index contributed by atoms with van der Waals surface area (Å²) < 4.78 is 0. The lowest BCUT2D eigenvalue weighted by Gasteiger charge is -2.25. The fourth-order valence-electron chi connectivity index (χ4n) is 2.47. The van der Waals surface area contributed by atoms with Crippen LogP contribution in [0.5, 0.6) is 0 Å².